The first-order valence-electron chi connectivity index (χ1n) is 4.09. The molecule has 0 saturated heterocycles. The van der Waals surface area contributed by atoms with Gasteiger partial charge in [0.05, 0.1) is 12.6 Å². The molecular weight excluding hydrogens is 186 g/mol. The molecule has 0 spiro atoms. The van der Waals surface area contributed by atoms with Gasteiger partial charge in [0.1, 0.15) is 17.5 Å². The largest absolute Gasteiger partial charge is 0.380 e. The molecule has 14 heavy (non-hydrogen) atoms. The molecule has 0 amide bonds. The van der Waals surface area contributed by atoms with E-state index in [9.17, 15) is 9.59 Å². The van der Waals surface area contributed by atoms with E-state index in [0.29, 0.717) is 0 Å². The van der Waals surface area contributed by atoms with Crippen molar-refractivity contribution in [1.82, 2.24) is 0 Å². The average molecular weight is 199 g/mol. The first-order chi connectivity index (χ1) is 6.54. The topological polar surface area (TPSA) is 92.1 Å². The molecule has 0 fully saturated rings. The number of carbonyl (C=O) groups is 2. The number of ketones is 2. The lowest BCUT2D eigenvalue weighted by atomic mass is 9.94. The number of azide groups is 1. The summed E-state index contributed by atoms with van der Waals surface area (Å²) < 4.78 is 4.93. The van der Waals surface area contributed by atoms with E-state index in [1.807, 2.05) is 0 Å². The fourth-order valence-electron chi connectivity index (χ4n) is 1.24. The monoisotopic (exact) mass is 199 g/mol. The number of hydrogen-bond donors (Lipinski definition) is 0. The van der Waals surface area contributed by atoms with E-state index in [4.69, 9.17) is 10.3 Å². The third-order valence-corrected chi connectivity index (χ3v) is 1.88. The van der Waals surface area contributed by atoms with Crippen molar-refractivity contribution in [3.63, 3.8) is 0 Å². The van der Waals surface area contributed by atoms with Crippen LogP contribution in [0.2, 0.25) is 0 Å². The van der Waals surface area contributed by atoms with Crippen LogP contribution in [0.3, 0.4) is 0 Å². The van der Waals surface area contributed by atoms with Gasteiger partial charge in [0, 0.05) is 12.0 Å². The number of carbonyl (C=O) groups excluding carboxylic acids is 2. The standard InChI is InChI=1S/C8H13N3O3/c1-5(12)8(6(2)13)7(14-3)4-10-11-9/h7-8H,4H2,1-3H3. The smallest absolute Gasteiger partial charge is 0.142 e. The molecule has 0 aliphatic heterocycles. The summed E-state index contributed by atoms with van der Waals surface area (Å²) in [7, 11) is 1.37. The Labute approximate surface area is 81.9 Å². The normalized spacial score (nSPS) is 12.0. The fraction of sp³-hybridized carbons (Fsp3) is 0.750. The summed E-state index contributed by atoms with van der Waals surface area (Å²) in [5.74, 6) is -1.40. The molecule has 0 aromatic carbocycles. The van der Waals surface area contributed by atoms with Crippen LogP contribution in [-0.2, 0) is 14.3 Å². The Balaban J connectivity index is 4.66. The van der Waals surface area contributed by atoms with Crippen molar-refractivity contribution in [2.45, 2.75) is 20.0 Å². The van der Waals surface area contributed by atoms with Gasteiger partial charge in [-0.3, -0.25) is 9.59 Å². The zero-order valence-electron chi connectivity index (χ0n) is 8.43. The summed E-state index contributed by atoms with van der Waals surface area (Å²) in [5.41, 5.74) is 8.10. The van der Waals surface area contributed by atoms with E-state index in [0.717, 1.165) is 0 Å². The van der Waals surface area contributed by atoms with Crippen LogP contribution in [0.15, 0.2) is 5.11 Å². The highest BCUT2D eigenvalue weighted by atomic mass is 16.5. The molecule has 0 aliphatic carbocycles. The Bertz CT molecular complexity index is 257. The van der Waals surface area contributed by atoms with Crippen molar-refractivity contribution in [2.75, 3.05) is 13.7 Å². The highest BCUT2D eigenvalue weighted by Crippen LogP contribution is 2.11. The molecule has 0 rings (SSSR count). The second-order valence-corrected chi connectivity index (χ2v) is 2.89. The number of ether oxygens (including phenoxy) is 1. The molecule has 0 radical (unpaired) electrons. The minimum Gasteiger partial charge on any atom is -0.380 e. The van der Waals surface area contributed by atoms with E-state index < -0.39 is 12.0 Å². The Hall–Kier alpha value is -1.39. The second-order valence-electron chi connectivity index (χ2n) is 2.89. The Morgan fingerprint density at radius 3 is 2.21 bits per heavy atom. The van der Waals surface area contributed by atoms with Crippen LogP contribution < -0.4 is 0 Å². The summed E-state index contributed by atoms with van der Waals surface area (Å²) in [5, 5.41) is 3.28. The lowest BCUT2D eigenvalue weighted by Gasteiger charge is -2.19. The Morgan fingerprint density at radius 2 is 1.93 bits per heavy atom. The molecule has 1 unspecified atom stereocenters. The molecule has 1 atom stereocenters. The molecule has 0 aromatic rings. The molecule has 0 saturated carbocycles. The number of nitrogens with zero attached hydrogens (tertiary/aromatic N) is 3. The van der Waals surface area contributed by atoms with Crippen molar-refractivity contribution in [1.29, 1.82) is 0 Å². The second kappa shape index (κ2) is 6.12. The summed E-state index contributed by atoms with van der Waals surface area (Å²) in [6.07, 6.45) is -0.666. The predicted molar refractivity (Wildman–Crippen MR) is 49.7 cm³/mol. The Kier molecular flexibility index (Phi) is 5.52. The van der Waals surface area contributed by atoms with Gasteiger partial charge < -0.3 is 4.74 Å². The molecule has 0 N–H and O–H groups in total. The maximum atomic E-state index is 11.1. The SMILES string of the molecule is COC(CN=[N+]=[N-])C(C(C)=O)C(C)=O. The summed E-state index contributed by atoms with van der Waals surface area (Å²) >= 11 is 0. The molecule has 0 bridgehead atoms. The van der Waals surface area contributed by atoms with Crippen molar-refractivity contribution in [3.05, 3.63) is 10.4 Å². The van der Waals surface area contributed by atoms with E-state index in [-0.39, 0.29) is 18.1 Å². The van der Waals surface area contributed by atoms with Gasteiger partial charge in [-0.05, 0) is 19.4 Å². The first-order valence-corrected chi connectivity index (χ1v) is 4.09. The number of rotatable bonds is 6. The van der Waals surface area contributed by atoms with E-state index in [1.54, 1.807) is 0 Å². The van der Waals surface area contributed by atoms with Crippen molar-refractivity contribution in [3.8, 4) is 0 Å². The highest BCUT2D eigenvalue weighted by molar-refractivity contribution is 6.00. The van der Waals surface area contributed by atoms with Gasteiger partial charge in [-0.1, -0.05) is 5.11 Å². The van der Waals surface area contributed by atoms with Crippen molar-refractivity contribution < 1.29 is 14.3 Å². The number of hydrogen-bond acceptors (Lipinski definition) is 4. The van der Waals surface area contributed by atoms with Crippen LogP contribution in [0, 0.1) is 5.92 Å². The minimum absolute atomic E-state index is 0.0170. The number of methoxy groups -OCH3 is 1. The first kappa shape index (κ1) is 12.6. The summed E-state index contributed by atoms with van der Waals surface area (Å²) in [6.45, 7) is 2.61. The fourth-order valence-corrected chi connectivity index (χ4v) is 1.24. The van der Waals surface area contributed by atoms with Gasteiger partial charge in [0.2, 0.25) is 0 Å². The molecule has 6 heteroatoms. The van der Waals surface area contributed by atoms with Crippen LogP contribution >= 0.6 is 0 Å². The van der Waals surface area contributed by atoms with Crippen LogP contribution in [0.4, 0.5) is 0 Å². The molecule has 0 aliphatic rings. The zero-order valence-corrected chi connectivity index (χ0v) is 8.43. The van der Waals surface area contributed by atoms with Gasteiger partial charge in [-0.15, -0.1) is 0 Å². The van der Waals surface area contributed by atoms with E-state index in [2.05, 4.69) is 10.0 Å². The van der Waals surface area contributed by atoms with Gasteiger partial charge in [-0.2, -0.15) is 0 Å². The van der Waals surface area contributed by atoms with Gasteiger partial charge in [0.25, 0.3) is 0 Å². The van der Waals surface area contributed by atoms with Crippen LogP contribution in [0.5, 0.6) is 0 Å². The summed E-state index contributed by atoms with van der Waals surface area (Å²) in [6, 6.07) is 0. The van der Waals surface area contributed by atoms with Gasteiger partial charge >= 0.3 is 0 Å². The van der Waals surface area contributed by atoms with E-state index in [1.165, 1.54) is 21.0 Å². The molecule has 0 heterocycles. The molecule has 0 aromatic heterocycles. The molecule has 78 valence electrons. The summed E-state index contributed by atoms with van der Waals surface area (Å²) in [4.78, 5) is 24.8. The molecule has 6 nitrogen and oxygen atoms in total. The Morgan fingerprint density at radius 1 is 1.43 bits per heavy atom. The molecular formula is C8H13N3O3. The van der Waals surface area contributed by atoms with Crippen LogP contribution in [0.1, 0.15) is 13.8 Å². The van der Waals surface area contributed by atoms with Crippen LogP contribution in [-0.4, -0.2) is 31.3 Å². The van der Waals surface area contributed by atoms with E-state index >= 15 is 0 Å². The lowest BCUT2D eigenvalue weighted by Crippen LogP contribution is -2.35. The van der Waals surface area contributed by atoms with Crippen molar-refractivity contribution in [2.24, 2.45) is 11.0 Å². The van der Waals surface area contributed by atoms with Crippen LogP contribution in [0.25, 0.3) is 10.4 Å². The highest BCUT2D eigenvalue weighted by Gasteiger charge is 2.29. The third-order valence-electron chi connectivity index (χ3n) is 1.88. The zero-order chi connectivity index (χ0) is 11.1. The van der Waals surface area contributed by atoms with Gasteiger partial charge in [0.15, 0.2) is 0 Å². The lowest BCUT2D eigenvalue weighted by molar-refractivity contribution is -0.135. The predicted octanol–water partition coefficient (Wildman–Crippen LogP) is 1.11. The van der Waals surface area contributed by atoms with Crippen molar-refractivity contribution >= 4 is 11.6 Å². The van der Waals surface area contributed by atoms with Gasteiger partial charge in [-0.25, -0.2) is 0 Å². The maximum Gasteiger partial charge on any atom is 0.142 e. The average Bonchev–Trinajstić information content (AvgIpc) is 2.10. The quantitative estimate of drug-likeness (QED) is 0.277. The maximum absolute atomic E-state index is 11.1. The number of Topliss-reactive ketones (excluding diaryl/α,β-unsaturated/α-hetero) is 2. The minimum atomic E-state index is -0.842. The third kappa shape index (κ3) is 3.55.